The Kier molecular flexibility index (Phi) is 5.69. The maximum atomic E-state index is 12.8. The molecule has 1 unspecified atom stereocenters. The Morgan fingerprint density at radius 2 is 1.88 bits per heavy atom. The van der Waals surface area contributed by atoms with Crippen LogP contribution in [-0.4, -0.2) is 53.1 Å². The Labute approximate surface area is 152 Å². The van der Waals surface area contributed by atoms with Crippen LogP contribution in [0.25, 0.3) is 0 Å². The molecule has 25 heavy (non-hydrogen) atoms. The van der Waals surface area contributed by atoms with Gasteiger partial charge in [0, 0.05) is 32.4 Å². The molecule has 0 aliphatic carbocycles. The number of hydrogen-bond donors (Lipinski definition) is 0. The van der Waals surface area contributed by atoms with Gasteiger partial charge in [-0.05, 0) is 24.0 Å². The second-order valence-electron chi connectivity index (χ2n) is 5.83. The molecule has 0 radical (unpaired) electrons. The molecule has 1 saturated heterocycles. The number of hydrogen-bond acceptors (Lipinski definition) is 5. The van der Waals surface area contributed by atoms with Crippen molar-refractivity contribution in [2.24, 2.45) is 0 Å². The van der Waals surface area contributed by atoms with E-state index >= 15 is 0 Å². The van der Waals surface area contributed by atoms with E-state index in [1.54, 1.807) is 12.3 Å². The van der Waals surface area contributed by atoms with E-state index in [9.17, 15) is 10.1 Å². The van der Waals surface area contributed by atoms with Gasteiger partial charge in [0.15, 0.2) is 0 Å². The molecule has 1 amide bonds. The lowest BCUT2D eigenvalue weighted by Crippen LogP contribution is -2.49. The number of nitrogens with zero attached hydrogens (tertiary/aromatic N) is 4. The third-order valence-corrected chi connectivity index (χ3v) is 5.11. The first kappa shape index (κ1) is 17.5. The average molecular weight is 352 g/mol. The molecule has 1 aliphatic rings. The molecular weight excluding hydrogens is 332 g/mol. The number of benzene rings is 1. The van der Waals surface area contributed by atoms with Gasteiger partial charge in [-0.15, -0.1) is 11.8 Å². The van der Waals surface area contributed by atoms with Crippen molar-refractivity contribution in [1.29, 1.82) is 5.26 Å². The highest BCUT2D eigenvalue weighted by Crippen LogP contribution is 2.23. The van der Waals surface area contributed by atoms with Crippen LogP contribution in [-0.2, 0) is 0 Å². The smallest absolute Gasteiger partial charge is 0.256 e. The van der Waals surface area contributed by atoms with Crippen LogP contribution in [0.15, 0.2) is 53.7 Å². The van der Waals surface area contributed by atoms with Crippen LogP contribution in [0.3, 0.4) is 0 Å². The van der Waals surface area contributed by atoms with E-state index < -0.39 is 0 Å². The van der Waals surface area contributed by atoms with Gasteiger partial charge in [-0.3, -0.25) is 9.69 Å². The minimum Gasteiger partial charge on any atom is -0.336 e. The van der Waals surface area contributed by atoms with Crippen molar-refractivity contribution in [3.63, 3.8) is 0 Å². The van der Waals surface area contributed by atoms with Crippen LogP contribution >= 0.6 is 11.8 Å². The SMILES string of the molecule is CSc1ncccc1C(=O)N1CCN(C(C#N)c2ccccc2)CC1. The van der Waals surface area contributed by atoms with Crippen LogP contribution in [0, 0.1) is 11.3 Å². The predicted octanol–water partition coefficient (Wildman–Crippen LogP) is 2.83. The summed E-state index contributed by atoms with van der Waals surface area (Å²) in [5, 5.41) is 10.3. The summed E-state index contributed by atoms with van der Waals surface area (Å²) < 4.78 is 0. The van der Waals surface area contributed by atoms with Crippen LogP contribution in [0.4, 0.5) is 0 Å². The van der Waals surface area contributed by atoms with Gasteiger partial charge >= 0.3 is 0 Å². The number of amides is 1. The maximum Gasteiger partial charge on any atom is 0.256 e. The first-order valence-corrected chi connectivity index (χ1v) is 9.44. The third kappa shape index (κ3) is 3.84. The second-order valence-corrected chi connectivity index (χ2v) is 6.63. The minimum absolute atomic E-state index is 0.0188. The lowest BCUT2D eigenvalue weighted by Gasteiger charge is -2.37. The van der Waals surface area contributed by atoms with Crippen molar-refractivity contribution in [2.75, 3.05) is 32.4 Å². The highest BCUT2D eigenvalue weighted by atomic mass is 32.2. The topological polar surface area (TPSA) is 60.2 Å². The van der Waals surface area contributed by atoms with E-state index in [1.807, 2.05) is 47.6 Å². The molecule has 128 valence electrons. The molecule has 0 spiro atoms. The molecule has 6 heteroatoms. The first-order valence-electron chi connectivity index (χ1n) is 8.21. The summed E-state index contributed by atoms with van der Waals surface area (Å²) in [5.74, 6) is 0.0188. The van der Waals surface area contributed by atoms with Crippen molar-refractivity contribution < 1.29 is 4.79 Å². The number of nitriles is 1. The Balaban J connectivity index is 1.67. The molecule has 1 aliphatic heterocycles. The van der Waals surface area contributed by atoms with Gasteiger partial charge in [-0.25, -0.2) is 4.98 Å². The number of rotatable bonds is 4. The summed E-state index contributed by atoms with van der Waals surface area (Å²) in [7, 11) is 0. The molecule has 5 nitrogen and oxygen atoms in total. The van der Waals surface area contributed by atoms with Crippen molar-refractivity contribution in [1.82, 2.24) is 14.8 Å². The fraction of sp³-hybridized carbons (Fsp3) is 0.316. The van der Waals surface area contributed by atoms with E-state index in [0.717, 1.165) is 10.6 Å². The van der Waals surface area contributed by atoms with Crippen LogP contribution in [0.2, 0.25) is 0 Å². The normalized spacial score (nSPS) is 16.2. The molecule has 0 bridgehead atoms. The standard InChI is InChI=1S/C19H20N4OS/c1-25-18-16(8-5-9-21-18)19(24)23-12-10-22(11-13-23)17(14-20)15-6-3-2-4-7-15/h2-9,17H,10-13H2,1H3. The van der Waals surface area contributed by atoms with Crippen molar-refractivity contribution in [3.05, 3.63) is 59.8 Å². The molecule has 1 fully saturated rings. The van der Waals surface area contributed by atoms with Gasteiger partial charge in [0.05, 0.1) is 11.6 Å². The zero-order valence-corrected chi connectivity index (χ0v) is 14.9. The summed E-state index contributed by atoms with van der Waals surface area (Å²) >= 11 is 1.48. The first-order chi connectivity index (χ1) is 12.2. The molecule has 2 heterocycles. The molecule has 0 saturated carbocycles. The fourth-order valence-electron chi connectivity index (χ4n) is 3.07. The van der Waals surface area contributed by atoms with E-state index in [1.165, 1.54) is 11.8 Å². The fourth-order valence-corrected chi connectivity index (χ4v) is 3.61. The van der Waals surface area contributed by atoms with Gasteiger partial charge in [0.2, 0.25) is 0 Å². The lowest BCUT2D eigenvalue weighted by atomic mass is 10.1. The number of aromatic nitrogens is 1. The van der Waals surface area contributed by atoms with E-state index in [2.05, 4.69) is 16.0 Å². The largest absolute Gasteiger partial charge is 0.336 e. The monoisotopic (exact) mass is 352 g/mol. The summed E-state index contributed by atoms with van der Waals surface area (Å²) in [5.41, 5.74) is 1.66. The molecule has 1 atom stereocenters. The number of thioether (sulfide) groups is 1. The highest BCUT2D eigenvalue weighted by Gasteiger charge is 2.28. The van der Waals surface area contributed by atoms with Gasteiger partial charge in [-0.2, -0.15) is 5.26 Å². The molecule has 3 rings (SSSR count). The van der Waals surface area contributed by atoms with E-state index in [-0.39, 0.29) is 11.9 Å². The molecule has 0 N–H and O–H groups in total. The highest BCUT2D eigenvalue weighted by molar-refractivity contribution is 7.98. The quantitative estimate of drug-likeness (QED) is 0.792. The number of piperazine rings is 1. The van der Waals surface area contributed by atoms with Gasteiger partial charge < -0.3 is 4.90 Å². The Hall–Kier alpha value is -2.36. The average Bonchev–Trinajstić information content (AvgIpc) is 2.69. The maximum absolute atomic E-state index is 12.8. The Morgan fingerprint density at radius 3 is 2.52 bits per heavy atom. The molecule has 2 aromatic rings. The Morgan fingerprint density at radius 1 is 1.16 bits per heavy atom. The van der Waals surface area contributed by atoms with Gasteiger partial charge in [0.25, 0.3) is 5.91 Å². The minimum atomic E-state index is -0.265. The second kappa shape index (κ2) is 8.15. The summed E-state index contributed by atoms with van der Waals surface area (Å²) in [6, 6.07) is 15.6. The van der Waals surface area contributed by atoms with Crippen LogP contribution in [0.5, 0.6) is 0 Å². The zero-order valence-electron chi connectivity index (χ0n) is 14.1. The molecular formula is C19H20N4OS. The van der Waals surface area contributed by atoms with Gasteiger partial charge in [-0.1, -0.05) is 30.3 Å². The zero-order chi connectivity index (χ0) is 17.6. The van der Waals surface area contributed by atoms with Gasteiger partial charge in [0.1, 0.15) is 11.1 Å². The molecule has 1 aromatic carbocycles. The van der Waals surface area contributed by atoms with Crippen molar-refractivity contribution in [2.45, 2.75) is 11.1 Å². The Bertz CT molecular complexity index is 766. The number of pyridine rings is 1. The van der Waals surface area contributed by atoms with Crippen molar-refractivity contribution >= 4 is 17.7 Å². The van der Waals surface area contributed by atoms with E-state index in [0.29, 0.717) is 31.7 Å². The summed E-state index contributed by atoms with van der Waals surface area (Å²) in [6.45, 7) is 2.61. The third-order valence-electron chi connectivity index (χ3n) is 4.40. The van der Waals surface area contributed by atoms with Crippen LogP contribution < -0.4 is 0 Å². The summed E-state index contributed by atoms with van der Waals surface area (Å²) in [6.07, 6.45) is 3.63. The van der Waals surface area contributed by atoms with Crippen LogP contribution in [0.1, 0.15) is 22.0 Å². The van der Waals surface area contributed by atoms with E-state index in [4.69, 9.17) is 0 Å². The predicted molar refractivity (Wildman–Crippen MR) is 98.3 cm³/mol. The number of carbonyl (C=O) groups is 1. The van der Waals surface area contributed by atoms with Crippen molar-refractivity contribution in [3.8, 4) is 6.07 Å². The summed E-state index contributed by atoms with van der Waals surface area (Å²) in [4.78, 5) is 21.0. The molecule has 1 aromatic heterocycles. The number of carbonyl (C=O) groups excluding carboxylic acids is 1. The lowest BCUT2D eigenvalue weighted by molar-refractivity contribution is 0.0602.